The van der Waals surface area contributed by atoms with Gasteiger partial charge in [-0.3, -0.25) is 19.1 Å². The zero-order valence-corrected chi connectivity index (χ0v) is 15.6. The van der Waals surface area contributed by atoms with E-state index < -0.39 is 11.7 Å². The highest BCUT2D eigenvalue weighted by molar-refractivity contribution is 5.91. The minimum absolute atomic E-state index is 0.172. The Kier molecular flexibility index (Phi) is 6.20. The van der Waals surface area contributed by atoms with Gasteiger partial charge in [-0.25, -0.2) is 0 Å². The lowest BCUT2D eigenvalue weighted by molar-refractivity contribution is -0.137. The van der Waals surface area contributed by atoms with Crippen molar-refractivity contribution in [3.63, 3.8) is 0 Å². The van der Waals surface area contributed by atoms with Crippen LogP contribution in [0.3, 0.4) is 0 Å². The molecule has 29 heavy (non-hydrogen) atoms. The van der Waals surface area contributed by atoms with Crippen molar-refractivity contribution in [2.75, 3.05) is 7.05 Å². The average molecular weight is 408 g/mol. The van der Waals surface area contributed by atoms with E-state index in [2.05, 4.69) is 30.9 Å². The summed E-state index contributed by atoms with van der Waals surface area (Å²) in [6, 6.07) is 1.96. The summed E-state index contributed by atoms with van der Waals surface area (Å²) < 4.78 is 41.6. The van der Waals surface area contributed by atoms with Crippen LogP contribution in [0.1, 0.15) is 40.3 Å². The summed E-state index contributed by atoms with van der Waals surface area (Å²) in [7, 11) is 1.52. The summed E-state index contributed by atoms with van der Waals surface area (Å²) in [5, 5.41) is 18.1. The van der Waals surface area contributed by atoms with Crippen LogP contribution >= 0.6 is 0 Å². The van der Waals surface area contributed by atoms with Gasteiger partial charge in [-0.2, -0.15) is 13.2 Å². The van der Waals surface area contributed by atoms with Gasteiger partial charge in [-0.1, -0.05) is 10.4 Å². The first-order valence-corrected chi connectivity index (χ1v) is 8.88. The van der Waals surface area contributed by atoms with E-state index in [0.29, 0.717) is 18.8 Å². The number of amides is 1. The fraction of sp³-hybridized carbons (Fsp3) is 0.412. The van der Waals surface area contributed by atoms with Crippen LogP contribution in [0.25, 0.3) is 0 Å². The second kappa shape index (κ2) is 8.80. The fourth-order valence-corrected chi connectivity index (χ4v) is 2.65. The number of carbonyl (C=O) groups excluding carboxylic acids is 1. The molecule has 0 saturated heterocycles. The summed E-state index contributed by atoms with van der Waals surface area (Å²) in [4.78, 5) is 15.4. The third-order valence-corrected chi connectivity index (χ3v) is 4.12. The number of hydrogen-bond acceptors (Lipinski definition) is 6. The van der Waals surface area contributed by atoms with E-state index in [1.54, 1.807) is 21.8 Å². The van der Waals surface area contributed by atoms with Crippen molar-refractivity contribution in [1.29, 1.82) is 0 Å². The molecule has 0 atom stereocenters. The fourth-order valence-electron chi connectivity index (χ4n) is 2.65. The Bertz CT molecular complexity index is 965. The predicted octanol–water partition coefficient (Wildman–Crippen LogP) is 1.71. The summed E-state index contributed by atoms with van der Waals surface area (Å²) >= 11 is 0. The summed E-state index contributed by atoms with van der Waals surface area (Å²) in [5.41, 5.74) is 0.354. The lowest BCUT2D eigenvalue weighted by Crippen LogP contribution is -2.18. The number of hydrogen-bond donors (Lipinski definition) is 1. The monoisotopic (exact) mass is 408 g/mol. The number of nitrogens with zero attached hydrogens (tertiary/aromatic N) is 7. The Morgan fingerprint density at radius 1 is 1.07 bits per heavy atom. The molecule has 3 rings (SSSR count). The molecule has 0 spiro atoms. The lowest BCUT2D eigenvalue weighted by Gasteiger charge is -2.07. The van der Waals surface area contributed by atoms with Gasteiger partial charge < -0.3 is 5.32 Å². The second-order valence-corrected chi connectivity index (χ2v) is 6.34. The van der Waals surface area contributed by atoms with Crippen LogP contribution in [-0.2, 0) is 25.7 Å². The van der Waals surface area contributed by atoms with Crippen LogP contribution in [0, 0.1) is 0 Å². The van der Waals surface area contributed by atoms with Gasteiger partial charge in [0.1, 0.15) is 0 Å². The number of halogens is 3. The van der Waals surface area contributed by atoms with Gasteiger partial charge in [-0.05, 0) is 25.0 Å². The molecule has 3 heterocycles. The molecule has 0 aliphatic carbocycles. The van der Waals surface area contributed by atoms with Crippen molar-refractivity contribution in [1.82, 2.24) is 40.3 Å². The van der Waals surface area contributed by atoms with E-state index in [-0.39, 0.29) is 23.7 Å². The number of carbonyl (C=O) groups is 1. The lowest BCUT2D eigenvalue weighted by atomic mass is 10.1. The predicted molar refractivity (Wildman–Crippen MR) is 94.7 cm³/mol. The van der Waals surface area contributed by atoms with E-state index in [1.165, 1.54) is 7.05 Å². The normalized spacial score (nSPS) is 11.6. The Balaban J connectivity index is 1.47. The van der Waals surface area contributed by atoms with E-state index >= 15 is 0 Å². The van der Waals surface area contributed by atoms with Crippen LogP contribution in [0.5, 0.6) is 0 Å². The van der Waals surface area contributed by atoms with Crippen molar-refractivity contribution in [2.45, 2.75) is 38.5 Å². The molecule has 12 heteroatoms. The minimum atomic E-state index is -4.40. The van der Waals surface area contributed by atoms with Gasteiger partial charge in [0.25, 0.3) is 5.91 Å². The SMILES string of the molecule is CNC(=O)c1cn(CCCCn2cc(Cc3cc(C(F)(F)F)ccn3)nn2)nn1. The first kappa shape index (κ1) is 20.4. The topological polar surface area (TPSA) is 103 Å². The maximum atomic E-state index is 12.8. The maximum Gasteiger partial charge on any atom is 0.416 e. The molecule has 9 nitrogen and oxygen atoms in total. The third kappa shape index (κ3) is 5.59. The molecule has 3 aromatic heterocycles. The van der Waals surface area contributed by atoms with E-state index in [9.17, 15) is 18.0 Å². The van der Waals surface area contributed by atoms with Crippen molar-refractivity contribution in [3.05, 3.63) is 53.4 Å². The number of unbranched alkanes of at least 4 members (excludes halogenated alkanes) is 1. The molecular formula is C17H19F3N8O. The Morgan fingerprint density at radius 2 is 1.76 bits per heavy atom. The highest BCUT2D eigenvalue weighted by atomic mass is 19.4. The molecule has 1 N–H and O–H groups in total. The molecule has 0 aliphatic rings. The number of alkyl halides is 3. The quantitative estimate of drug-likeness (QED) is 0.569. The molecule has 0 bridgehead atoms. The number of pyridine rings is 1. The van der Waals surface area contributed by atoms with Crippen molar-refractivity contribution in [2.24, 2.45) is 0 Å². The Labute approximate surface area is 163 Å². The maximum absolute atomic E-state index is 12.8. The standard InChI is InChI=1S/C17H19F3N8O/c1-21-16(29)15-11-28(26-24-15)7-3-2-6-27-10-14(23-25-27)9-13-8-12(4-5-22-13)17(18,19)20/h4-5,8,10-11H,2-3,6-7,9H2,1H3,(H,21,29). The molecule has 3 aromatic rings. The summed E-state index contributed by atoms with van der Waals surface area (Å²) in [6.07, 6.45) is 1.74. The number of nitrogens with one attached hydrogen (secondary N) is 1. The van der Waals surface area contributed by atoms with Crippen LogP contribution in [0.15, 0.2) is 30.7 Å². The van der Waals surface area contributed by atoms with E-state index in [4.69, 9.17) is 0 Å². The zero-order valence-electron chi connectivity index (χ0n) is 15.6. The van der Waals surface area contributed by atoms with Crippen LogP contribution in [0.4, 0.5) is 13.2 Å². The second-order valence-electron chi connectivity index (χ2n) is 6.34. The van der Waals surface area contributed by atoms with Gasteiger partial charge in [0.05, 0.1) is 17.5 Å². The average Bonchev–Trinajstić information content (AvgIpc) is 3.34. The molecule has 0 aliphatic heterocycles. The number of rotatable bonds is 8. The minimum Gasteiger partial charge on any atom is -0.354 e. The van der Waals surface area contributed by atoms with Gasteiger partial charge in [0.2, 0.25) is 0 Å². The number of aromatic nitrogens is 7. The highest BCUT2D eigenvalue weighted by Gasteiger charge is 2.30. The highest BCUT2D eigenvalue weighted by Crippen LogP contribution is 2.29. The number of aryl methyl sites for hydroxylation is 2. The van der Waals surface area contributed by atoms with Crippen molar-refractivity contribution >= 4 is 5.91 Å². The molecule has 154 valence electrons. The third-order valence-electron chi connectivity index (χ3n) is 4.12. The molecular weight excluding hydrogens is 389 g/mol. The first-order chi connectivity index (χ1) is 13.8. The van der Waals surface area contributed by atoms with Crippen LogP contribution in [0.2, 0.25) is 0 Å². The molecule has 0 saturated carbocycles. The molecule has 0 radical (unpaired) electrons. The largest absolute Gasteiger partial charge is 0.416 e. The van der Waals surface area contributed by atoms with Crippen molar-refractivity contribution < 1.29 is 18.0 Å². The van der Waals surface area contributed by atoms with E-state index in [0.717, 1.165) is 31.2 Å². The van der Waals surface area contributed by atoms with Gasteiger partial charge in [0, 0.05) is 44.6 Å². The van der Waals surface area contributed by atoms with Gasteiger partial charge in [0.15, 0.2) is 5.69 Å². The van der Waals surface area contributed by atoms with Gasteiger partial charge >= 0.3 is 6.18 Å². The van der Waals surface area contributed by atoms with Crippen LogP contribution in [-0.4, -0.2) is 47.9 Å². The molecule has 1 amide bonds. The Morgan fingerprint density at radius 3 is 2.45 bits per heavy atom. The van der Waals surface area contributed by atoms with E-state index in [1.807, 2.05) is 0 Å². The Hall–Kier alpha value is -3.31. The smallest absolute Gasteiger partial charge is 0.354 e. The first-order valence-electron chi connectivity index (χ1n) is 8.88. The van der Waals surface area contributed by atoms with Gasteiger partial charge in [-0.15, -0.1) is 10.2 Å². The summed E-state index contributed by atoms with van der Waals surface area (Å²) in [5.74, 6) is -0.290. The molecule has 0 unspecified atom stereocenters. The zero-order chi connectivity index (χ0) is 20.9. The molecule has 0 aromatic carbocycles. The van der Waals surface area contributed by atoms with Crippen molar-refractivity contribution in [3.8, 4) is 0 Å². The summed E-state index contributed by atoms with van der Waals surface area (Å²) in [6.45, 7) is 1.19. The van der Waals surface area contributed by atoms with Crippen LogP contribution < -0.4 is 5.32 Å². The molecule has 0 fully saturated rings.